The summed E-state index contributed by atoms with van der Waals surface area (Å²) in [6.45, 7) is 16.7. The van der Waals surface area contributed by atoms with Crippen molar-refractivity contribution in [2.75, 3.05) is 19.7 Å². The van der Waals surface area contributed by atoms with Crippen LogP contribution in [-0.4, -0.2) is 48.2 Å². The standard InChI is InChI=1S/C15H32N2O2/c1-8-16-15(7,14(18)19-10-3)11-13(6)17(9-2)12(4)5/h12-13,16H,8-11H2,1-7H3. The molecule has 19 heavy (non-hydrogen) atoms. The van der Waals surface area contributed by atoms with Gasteiger partial charge < -0.3 is 10.1 Å². The Kier molecular flexibility index (Phi) is 8.26. The largest absolute Gasteiger partial charge is 0.465 e. The molecule has 0 radical (unpaired) electrons. The van der Waals surface area contributed by atoms with Gasteiger partial charge in [-0.1, -0.05) is 13.8 Å². The molecule has 0 saturated carbocycles. The first-order chi connectivity index (χ1) is 8.82. The topological polar surface area (TPSA) is 41.6 Å². The van der Waals surface area contributed by atoms with Crippen LogP contribution in [0, 0.1) is 0 Å². The third-order valence-electron chi connectivity index (χ3n) is 3.59. The number of likely N-dealkylation sites (N-methyl/N-ethyl adjacent to an activating group) is 1. The summed E-state index contributed by atoms with van der Waals surface area (Å²) in [4.78, 5) is 14.6. The SMILES string of the molecule is CCNC(C)(CC(C)N(CC)C(C)C)C(=O)OCC. The summed E-state index contributed by atoms with van der Waals surface area (Å²) in [6.07, 6.45) is 0.756. The van der Waals surface area contributed by atoms with Crippen molar-refractivity contribution in [2.45, 2.75) is 72.5 Å². The van der Waals surface area contributed by atoms with Gasteiger partial charge in [0.15, 0.2) is 0 Å². The van der Waals surface area contributed by atoms with Crippen molar-refractivity contribution in [3.63, 3.8) is 0 Å². The molecule has 0 rings (SSSR count). The first kappa shape index (κ1) is 18.4. The van der Waals surface area contributed by atoms with Crippen LogP contribution in [-0.2, 0) is 9.53 Å². The lowest BCUT2D eigenvalue weighted by Crippen LogP contribution is -2.55. The minimum Gasteiger partial charge on any atom is -0.465 e. The quantitative estimate of drug-likeness (QED) is 0.655. The number of nitrogens with one attached hydrogen (secondary N) is 1. The van der Waals surface area contributed by atoms with Crippen LogP contribution in [0.5, 0.6) is 0 Å². The van der Waals surface area contributed by atoms with E-state index >= 15 is 0 Å². The molecular formula is C15H32N2O2. The van der Waals surface area contributed by atoms with Gasteiger partial charge in [0.1, 0.15) is 5.54 Å². The Morgan fingerprint density at radius 2 is 1.84 bits per heavy atom. The smallest absolute Gasteiger partial charge is 0.326 e. The van der Waals surface area contributed by atoms with E-state index in [-0.39, 0.29) is 5.97 Å². The van der Waals surface area contributed by atoms with Gasteiger partial charge in [-0.2, -0.15) is 0 Å². The summed E-state index contributed by atoms with van der Waals surface area (Å²) in [6, 6.07) is 0.812. The molecule has 0 aliphatic heterocycles. The summed E-state index contributed by atoms with van der Waals surface area (Å²) in [5, 5.41) is 3.29. The molecule has 0 fully saturated rings. The molecule has 1 N–H and O–H groups in total. The Balaban J connectivity index is 4.86. The van der Waals surface area contributed by atoms with Crippen molar-refractivity contribution in [1.29, 1.82) is 0 Å². The van der Waals surface area contributed by atoms with E-state index in [0.29, 0.717) is 18.7 Å². The molecule has 0 spiro atoms. The second kappa shape index (κ2) is 8.54. The number of carbonyl (C=O) groups excluding carboxylic acids is 1. The van der Waals surface area contributed by atoms with Gasteiger partial charge in [0, 0.05) is 12.1 Å². The minimum atomic E-state index is -0.605. The van der Waals surface area contributed by atoms with Crippen molar-refractivity contribution >= 4 is 5.97 Å². The average molecular weight is 272 g/mol. The van der Waals surface area contributed by atoms with Gasteiger partial charge >= 0.3 is 5.97 Å². The summed E-state index contributed by atoms with van der Waals surface area (Å²) < 4.78 is 5.21. The maximum absolute atomic E-state index is 12.2. The monoisotopic (exact) mass is 272 g/mol. The molecule has 0 aliphatic rings. The predicted octanol–water partition coefficient (Wildman–Crippen LogP) is 2.43. The Labute approximate surface area is 118 Å². The molecule has 0 heterocycles. The van der Waals surface area contributed by atoms with Crippen LogP contribution in [0.4, 0.5) is 0 Å². The summed E-state index contributed by atoms with van der Waals surface area (Å²) in [7, 11) is 0. The molecule has 0 aromatic rings. The third kappa shape index (κ3) is 5.49. The van der Waals surface area contributed by atoms with E-state index in [2.05, 4.69) is 37.9 Å². The van der Waals surface area contributed by atoms with Crippen molar-refractivity contribution in [3.05, 3.63) is 0 Å². The molecule has 4 nitrogen and oxygen atoms in total. The van der Waals surface area contributed by atoms with E-state index in [4.69, 9.17) is 4.74 Å². The fourth-order valence-electron chi connectivity index (χ4n) is 2.80. The van der Waals surface area contributed by atoms with Gasteiger partial charge in [-0.25, -0.2) is 0 Å². The molecule has 0 aromatic carbocycles. The Hall–Kier alpha value is -0.610. The zero-order chi connectivity index (χ0) is 15.1. The van der Waals surface area contributed by atoms with E-state index in [1.54, 1.807) is 0 Å². The maximum Gasteiger partial charge on any atom is 0.326 e. The van der Waals surface area contributed by atoms with Gasteiger partial charge in [0.05, 0.1) is 6.61 Å². The zero-order valence-corrected chi connectivity index (χ0v) is 13.7. The lowest BCUT2D eigenvalue weighted by Gasteiger charge is -2.37. The number of ether oxygens (including phenoxy) is 1. The van der Waals surface area contributed by atoms with Gasteiger partial charge in [-0.05, 0) is 54.1 Å². The van der Waals surface area contributed by atoms with Gasteiger partial charge in [-0.3, -0.25) is 9.69 Å². The van der Waals surface area contributed by atoms with E-state index in [1.165, 1.54) is 0 Å². The summed E-state index contributed by atoms with van der Waals surface area (Å²) >= 11 is 0. The minimum absolute atomic E-state index is 0.150. The van der Waals surface area contributed by atoms with E-state index < -0.39 is 5.54 Å². The average Bonchev–Trinajstić information content (AvgIpc) is 2.29. The molecule has 114 valence electrons. The van der Waals surface area contributed by atoms with Crippen LogP contribution in [0.15, 0.2) is 0 Å². The highest BCUT2D eigenvalue weighted by molar-refractivity contribution is 5.80. The molecule has 2 atom stereocenters. The summed E-state index contributed by atoms with van der Waals surface area (Å²) in [5.41, 5.74) is -0.605. The van der Waals surface area contributed by atoms with E-state index in [0.717, 1.165) is 19.5 Å². The molecule has 0 amide bonds. The first-order valence-electron chi connectivity index (χ1n) is 7.50. The van der Waals surface area contributed by atoms with Crippen LogP contribution in [0.3, 0.4) is 0 Å². The maximum atomic E-state index is 12.2. The molecular weight excluding hydrogens is 240 g/mol. The second-order valence-corrected chi connectivity index (χ2v) is 5.56. The van der Waals surface area contributed by atoms with E-state index in [1.807, 2.05) is 20.8 Å². The number of rotatable bonds is 9. The highest BCUT2D eigenvalue weighted by atomic mass is 16.5. The fourth-order valence-corrected chi connectivity index (χ4v) is 2.80. The predicted molar refractivity (Wildman–Crippen MR) is 80.3 cm³/mol. The van der Waals surface area contributed by atoms with Crippen LogP contribution >= 0.6 is 0 Å². The highest BCUT2D eigenvalue weighted by Gasteiger charge is 2.36. The van der Waals surface area contributed by atoms with E-state index in [9.17, 15) is 4.79 Å². The highest BCUT2D eigenvalue weighted by Crippen LogP contribution is 2.19. The van der Waals surface area contributed by atoms with Crippen molar-refractivity contribution < 1.29 is 9.53 Å². The number of hydrogen-bond acceptors (Lipinski definition) is 4. The normalized spacial score (nSPS) is 16.5. The number of esters is 1. The van der Waals surface area contributed by atoms with Crippen LogP contribution in [0.25, 0.3) is 0 Å². The molecule has 0 aromatic heterocycles. The second-order valence-electron chi connectivity index (χ2n) is 5.56. The van der Waals surface area contributed by atoms with Crippen molar-refractivity contribution in [3.8, 4) is 0 Å². The molecule has 0 bridgehead atoms. The fraction of sp³-hybridized carbons (Fsp3) is 0.933. The van der Waals surface area contributed by atoms with Crippen LogP contribution in [0.2, 0.25) is 0 Å². The lowest BCUT2D eigenvalue weighted by atomic mass is 9.92. The van der Waals surface area contributed by atoms with Crippen LogP contribution in [0.1, 0.15) is 54.9 Å². The molecule has 0 aliphatic carbocycles. The number of hydrogen-bond donors (Lipinski definition) is 1. The Morgan fingerprint density at radius 1 is 1.26 bits per heavy atom. The van der Waals surface area contributed by atoms with Crippen molar-refractivity contribution in [1.82, 2.24) is 10.2 Å². The number of nitrogens with zero attached hydrogens (tertiary/aromatic N) is 1. The van der Waals surface area contributed by atoms with Crippen molar-refractivity contribution in [2.24, 2.45) is 0 Å². The Morgan fingerprint density at radius 3 is 2.21 bits per heavy atom. The van der Waals surface area contributed by atoms with Gasteiger partial charge in [-0.15, -0.1) is 0 Å². The number of carbonyl (C=O) groups is 1. The Bertz CT molecular complexity index is 269. The zero-order valence-electron chi connectivity index (χ0n) is 13.7. The van der Waals surface area contributed by atoms with Gasteiger partial charge in [0.2, 0.25) is 0 Å². The molecule has 2 unspecified atom stereocenters. The lowest BCUT2D eigenvalue weighted by molar-refractivity contribution is -0.151. The molecule has 4 heteroatoms. The third-order valence-corrected chi connectivity index (χ3v) is 3.59. The van der Waals surface area contributed by atoms with Crippen LogP contribution < -0.4 is 5.32 Å². The first-order valence-corrected chi connectivity index (χ1v) is 7.50. The van der Waals surface area contributed by atoms with Gasteiger partial charge in [0.25, 0.3) is 0 Å². The molecule has 0 saturated heterocycles. The summed E-state index contributed by atoms with van der Waals surface area (Å²) in [5.74, 6) is -0.150.